The van der Waals surface area contributed by atoms with E-state index < -0.39 is 0 Å². The Kier molecular flexibility index (Phi) is 11.1. The Bertz CT molecular complexity index is 866. The molecule has 1 heterocycles. The zero-order valence-electron chi connectivity index (χ0n) is 21.3. The minimum atomic E-state index is -0.357. The largest absolute Gasteiger partial charge is 0.423 e. The molecule has 0 N–H and O–H groups in total. The van der Waals surface area contributed by atoms with E-state index in [-0.39, 0.29) is 12.3 Å². The number of ether oxygens (including phenoxy) is 3. The van der Waals surface area contributed by atoms with Crippen LogP contribution in [0.25, 0.3) is 0 Å². The van der Waals surface area contributed by atoms with Crippen LogP contribution in [0, 0.1) is 12.8 Å². The van der Waals surface area contributed by atoms with Crippen LogP contribution in [-0.2, 0) is 15.9 Å². The molecule has 0 unspecified atom stereocenters. The monoisotopic (exact) mass is 466 g/mol. The molecule has 2 aromatic carbocycles. The fourth-order valence-corrected chi connectivity index (χ4v) is 4.43. The summed E-state index contributed by atoms with van der Waals surface area (Å²) in [5.41, 5.74) is 3.76. The average Bonchev–Trinajstić information content (AvgIpc) is 2.86. The molecule has 0 amide bonds. The Balaban J connectivity index is 1.47. The van der Waals surface area contributed by atoms with Gasteiger partial charge in [0.2, 0.25) is 0 Å². The van der Waals surface area contributed by atoms with Gasteiger partial charge in [0.1, 0.15) is 5.75 Å². The summed E-state index contributed by atoms with van der Waals surface area (Å²) < 4.78 is 17.6. The highest BCUT2D eigenvalue weighted by atomic mass is 16.7. The molecular formula is C30H42O4. The van der Waals surface area contributed by atoms with Crippen molar-refractivity contribution in [2.24, 2.45) is 5.92 Å². The molecule has 34 heavy (non-hydrogen) atoms. The van der Waals surface area contributed by atoms with Crippen LogP contribution in [0.15, 0.2) is 42.5 Å². The fraction of sp³-hybridized carbons (Fsp3) is 0.567. The number of hydrogen-bond acceptors (Lipinski definition) is 4. The van der Waals surface area contributed by atoms with Gasteiger partial charge in [0.15, 0.2) is 6.29 Å². The topological polar surface area (TPSA) is 44.8 Å². The van der Waals surface area contributed by atoms with Crippen LogP contribution in [0.1, 0.15) is 105 Å². The minimum Gasteiger partial charge on any atom is -0.423 e. The molecule has 4 heteroatoms. The van der Waals surface area contributed by atoms with Gasteiger partial charge in [-0.3, -0.25) is 0 Å². The molecule has 0 aromatic heterocycles. The first-order valence-electron chi connectivity index (χ1n) is 13.3. The highest BCUT2D eigenvalue weighted by molar-refractivity contribution is 5.91. The van der Waals surface area contributed by atoms with E-state index in [1.807, 2.05) is 25.1 Å². The van der Waals surface area contributed by atoms with E-state index in [0.29, 0.717) is 17.2 Å². The van der Waals surface area contributed by atoms with Crippen LogP contribution in [0.3, 0.4) is 0 Å². The number of carbonyl (C=O) groups excluding carboxylic acids is 1. The summed E-state index contributed by atoms with van der Waals surface area (Å²) in [7, 11) is 0. The second-order valence-electron chi connectivity index (χ2n) is 9.64. The van der Waals surface area contributed by atoms with Gasteiger partial charge in [-0.15, -0.1) is 0 Å². The van der Waals surface area contributed by atoms with Crippen LogP contribution in [0.4, 0.5) is 0 Å². The molecule has 0 spiro atoms. The molecule has 0 aliphatic carbocycles. The lowest BCUT2D eigenvalue weighted by Crippen LogP contribution is -2.27. The maximum absolute atomic E-state index is 12.7. The maximum Gasteiger partial charge on any atom is 0.343 e. The third kappa shape index (κ3) is 8.25. The number of esters is 1. The molecular weight excluding hydrogens is 424 g/mol. The highest BCUT2D eigenvalue weighted by Crippen LogP contribution is 2.28. The van der Waals surface area contributed by atoms with Gasteiger partial charge in [-0.05, 0) is 55.5 Å². The predicted molar refractivity (Wildman–Crippen MR) is 137 cm³/mol. The molecule has 3 rings (SSSR count). The number of carbonyl (C=O) groups is 1. The van der Waals surface area contributed by atoms with Gasteiger partial charge >= 0.3 is 5.97 Å². The molecule has 1 saturated heterocycles. The van der Waals surface area contributed by atoms with Crippen molar-refractivity contribution in [1.82, 2.24) is 0 Å². The van der Waals surface area contributed by atoms with E-state index in [2.05, 4.69) is 26.0 Å². The van der Waals surface area contributed by atoms with Crippen molar-refractivity contribution >= 4 is 5.97 Å². The Labute approximate surface area is 206 Å². The Morgan fingerprint density at radius 2 is 1.56 bits per heavy atom. The number of hydrogen-bond donors (Lipinski definition) is 0. The van der Waals surface area contributed by atoms with Crippen LogP contribution < -0.4 is 4.74 Å². The van der Waals surface area contributed by atoms with Gasteiger partial charge < -0.3 is 14.2 Å². The zero-order valence-corrected chi connectivity index (χ0v) is 21.3. The van der Waals surface area contributed by atoms with Crippen molar-refractivity contribution in [3.8, 4) is 5.75 Å². The summed E-state index contributed by atoms with van der Waals surface area (Å²) in [6, 6.07) is 13.5. The summed E-state index contributed by atoms with van der Waals surface area (Å²) in [6.45, 7) is 7.91. The molecule has 4 nitrogen and oxygen atoms in total. The molecule has 1 fully saturated rings. The summed E-state index contributed by atoms with van der Waals surface area (Å²) in [5.74, 6) is 0.757. The summed E-state index contributed by atoms with van der Waals surface area (Å²) >= 11 is 0. The molecule has 0 atom stereocenters. The molecule has 186 valence electrons. The van der Waals surface area contributed by atoms with Gasteiger partial charge in [0.05, 0.1) is 18.8 Å². The van der Waals surface area contributed by atoms with Crippen LogP contribution in [-0.4, -0.2) is 19.2 Å². The van der Waals surface area contributed by atoms with Gasteiger partial charge in [-0.1, -0.05) is 83.1 Å². The van der Waals surface area contributed by atoms with Gasteiger partial charge in [0.25, 0.3) is 0 Å². The summed E-state index contributed by atoms with van der Waals surface area (Å²) in [5, 5.41) is 0. The lowest BCUT2D eigenvalue weighted by atomic mass is 10.0. The lowest BCUT2D eigenvalue weighted by Gasteiger charge is -2.29. The minimum absolute atomic E-state index is 0.344. The third-order valence-corrected chi connectivity index (χ3v) is 6.61. The van der Waals surface area contributed by atoms with Crippen molar-refractivity contribution < 1.29 is 19.0 Å². The number of unbranched alkanes of at least 4 members (excludes halogenated alkanes) is 6. The Morgan fingerprint density at radius 3 is 2.24 bits per heavy atom. The zero-order chi connectivity index (χ0) is 24.2. The first-order valence-corrected chi connectivity index (χ1v) is 13.3. The fourth-order valence-electron chi connectivity index (χ4n) is 4.43. The first kappa shape index (κ1) is 26.4. The first-order chi connectivity index (χ1) is 16.6. The van der Waals surface area contributed by atoms with E-state index in [0.717, 1.165) is 37.2 Å². The average molecular weight is 467 g/mol. The second kappa shape index (κ2) is 14.3. The molecule has 1 aliphatic rings. The van der Waals surface area contributed by atoms with E-state index in [9.17, 15) is 4.79 Å². The van der Waals surface area contributed by atoms with Crippen LogP contribution >= 0.6 is 0 Å². The van der Waals surface area contributed by atoms with Gasteiger partial charge in [-0.2, -0.15) is 0 Å². The Morgan fingerprint density at radius 1 is 0.882 bits per heavy atom. The standard InChI is InChI=1S/C30H42O4/c1-4-6-8-9-11-12-24-14-19-28(23(3)20-24)34-29(31)26-15-17-27(18-16-26)30-32-21-25(22-33-30)13-10-7-5-2/h14-20,25,30H,4-13,21-22H2,1-3H3. The van der Waals surface area contributed by atoms with Crippen LogP contribution in [0.5, 0.6) is 5.75 Å². The smallest absolute Gasteiger partial charge is 0.343 e. The molecule has 0 bridgehead atoms. The quantitative estimate of drug-likeness (QED) is 0.171. The summed E-state index contributed by atoms with van der Waals surface area (Å²) in [4.78, 5) is 12.7. The number of rotatable bonds is 13. The van der Waals surface area contributed by atoms with E-state index >= 15 is 0 Å². The van der Waals surface area contributed by atoms with Crippen LogP contribution in [0.2, 0.25) is 0 Å². The van der Waals surface area contributed by atoms with Gasteiger partial charge in [0, 0.05) is 11.5 Å². The van der Waals surface area contributed by atoms with Gasteiger partial charge in [-0.25, -0.2) is 4.79 Å². The molecule has 1 aliphatic heterocycles. The second-order valence-corrected chi connectivity index (χ2v) is 9.64. The molecule has 0 saturated carbocycles. The van der Waals surface area contributed by atoms with Crippen molar-refractivity contribution in [2.75, 3.05) is 13.2 Å². The normalized spacial score (nSPS) is 18.1. The predicted octanol–water partition coefficient (Wildman–Crippen LogP) is 7.97. The van der Waals surface area contributed by atoms with E-state index in [4.69, 9.17) is 14.2 Å². The summed E-state index contributed by atoms with van der Waals surface area (Å²) in [6.07, 6.45) is 12.0. The van der Waals surface area contributed by atoms with Crippen molar-refractivity contribution in [3.05, 3.63) is 64.7 Å². The van der Waals surface area contributed by atoms with Crippen molar-refractivity contribution in [3.63, 3.8) is 0 Å². The lowest BCUT2D eigenvalue weighted by molar-refractivity contribution is -0.206. The number of aryl methyl sites for hydroxylation is 2. The third-order valence-electron chi connectivity index (χ3n) is 6.61. The Hall–Kier alpha value is -2.17. The van der Waals surface area contributed by atoms with E-state index in [1.165, 1.54) is 56.9 Å². The van der Waals surface area contributed by atoms with Crippen molar-refractivity contribution in [2.45, 2.75) is 91.3 Å². The van der Waals surface area contributed by atoms with E-state index in [1.54, 1.807) is 12.1 Å². The molecule has 2 aromatic rings. The maximum atomic E-state index is 12.7. The molecule has 0 radical (unpaired) electrons. The number of benzene rings is 2. The SMILES string of the molecule is CCCCCCCc1ccc(OC(=O)c2ccc(C3OCC(CCCCC)CO3)cc2)c(C)c1. The highest BCUT2D eigenvalue weighted by Gasteiger charge is 2.23. The van der Waals surface area contributed by atoms with Crippen molar-refractivity contribution in [1.29, 1.82) is 0 Å².